The van der Waals surface area contributed by atoms with Crippen LogP contribution in [0.4, 0.5) is 0 Å². The molecule has 2 heterocycles. The summed E-state index contributed by atoms with van der Waals surface area (Å²) in [5.74, 6) is 0.142. The quantitative estimate of drug-likeness (QED) is 0.744. The molecule has 2 saturated heterocycles. The number of morpholine rings is 1. The normalized spacial score (nSPS) is 18.5. The van der Waals surface area contributed by atoms with Crippen LogP contribution in [-0.2, 0) is 14.3 Å². The summed E-state index contributed by atoms with van der Waals surface area (Å²) in [4.78, 5) is 30.9. The molecule has 29 heavy (non-hydrogen) atoms. The second kappa shape index (κ2) is 9.20. The largest absolute Gasteiger partial charge is 0.379 e. The first-order chi connectivity index (χ1) is 14.2. The Labute approximate surface area is 171 Å². The molecule has 2 amide bonds. The molecule has 152 valence electrons. The van der Waals surface area contributed by atoms with Gasteiger partial charge in [-0.05, 0) is 22.4 Å². The lowest BCUT2D eigenvalue weighted by Gasteiger charge is -2.36. The van der Waals surface area contributed by atoms with E-state index in [0.717, 1.165) is 29.4 Å². The van der Waals surface area contributed by atoms with Crippen LogP contribution in [-0.4, -0.2) is 85.5 Å². The maximum Gasteiger partial charge on any atom is 0.246 e. The fourth-order valence-corrected chi connectivity index (χ4v) is 3.89. The summed E-state index contributed by atoms with van der Waals surface area (Å²) < 4.78 is 5.33. The predicted octanol–water partition coefficient (Wildman–Crippen LogP) is 1.86. The van der Waals surface area contributed by atoms with Gasteiger partial charge in [-0.25, -0.2) is 0 Å². The van der Waals surface area contributed by atoms with Gasteiger partial charge in [0.2, 0.25) is 11.8 Å². The standard InChI is InChI=1S/C23H27N3O3/c27-22(9-8-20-6-3-5-19-4-1-2-7-21(19)20)25-10-12-26(13-11-25)23(28)18-24-14-16-29-17-15-24/h1-9H,10-18H2/b9-8+. The molecule has 0 atom stereocenters. The first-order valence-corrected chi connectivity index (χ1v) is 10.2. The maximum atomic E-state index is 12.6. The highest BCUT2D eigenvalue weighted by Crippen LogP contribution is 2.19. The average Bonchev–Trinajstić information content (AvgIpc) is 2.78. The van der Waals surface area contributed by atoms with Crippen LogP contribution in [0.5, 0.6) is 0 Å². The minimum Gasteiger partial charge on any atom is -0.379 e. The third-order valence-electron chi connectivity index (χ3n) is 5.64. The van der Waals surface area contributed by atoms with Crippen molar-refractivity contribution in [2.75, 3.05) is 59.0 Å². The van der Waals surface area contributed by atoms with E-state index in [9.17, 15) is 9.59 Å². The van der Waals surface area contributed by atoms with Crippen molar-refractivity contribution in [2.24, 2.45) is 0 Å². The van der Waals surface area contributed by atoms with Gasteiger partial charge in [-0.15, -0.1) is 0 Å². The summed E-state index contributed by atoms with van der Waals surface area (Å²) in [6.07, 6.45) is 3.54. The number of carbonyl (C=O) groups is 2. The van der Waals surface area contributed by atoms with Crippen LogP contribution < -0.4 is 0 Å². The van der Waals surface area contributed by atoms with Gasteiger partial charge in [-0.2, -0.15) is 0 Å². The number of carbonyl (C=O) groups excluding carboxylic acids is 2. The number of hydrogen-bond acceptors (Lipinski definition) is 4. The van der Waals surface area contributed by atoms with E-state index in [1.165, 1.54) is 0 Å². The Balaban J connectivity index is 1.30. The smallest absolute Gasteiger partial charge is 0.246 e. The molecule has 2 aromatic rings. The summed E-state index contributed by atoms with van der Waals surface area (Å²) in [5, 5.41) is 2.30. The molecule has 0 spiro atoms. The van der Waals surface area contributed by atoms with Gasteiger partial charge < -0.3 is 14.5 Å². The zero-order valence-electron chi connectivity index (χ0n) is 16.6. The SMILES string of the molecule is O=C(/C=C/c1cccc2ccccc12)N1CCN(C(=O)CN2CCOCC2)CC1. The van der Waals surface area contributed by atoms with E-state index < -0.39 is 0 Å². The highest BCUT2D eigenvalue weighted by molar-refractivity contribution is 5.96. The van der Waals surface area contributed by atoms with Crippen molar-refractivity contribution in [1.82, 2.24) is 14.7 Å². The number of hydrogen-bond donors (Lipinski definition) is 0. The summed E-state index contributed by atoms with van der Waals surface area (Å²) in [5.41, 5.74) is 1.04. The molecular formula is C23H27N3O3. The molecule has 4 rings (SSSR count). The first kappa shape index (κ1) is 19.6. The van der Waals surface area contributed by atoms with Gasteiger partial charge in [0, 0.05) is 45.3 Å². The molecule has 0 aromatic heterocycles. The lowest BCUT2D eigenvalue weighted by Crippen LogP contribution is -2.53. The molecule has 2 fully saturated rings. The van der Waals surface area contributed by atoms with Crippen molar-refractivity contribution in [3.8, 4) is 0 Å². The first-order valence-electron chi connectivity index (χ1n) is 10.2. The molecule has 0 N–H and O–H groups in total. The molecule has 6 heteroatoms. The van der Waals surface area contributed by atoms with Gasteiger partial charge in [-0.3, -0.25) is 14.5 Å². The van der Waals surface area contributed by atoms with E-state index in [2.05, 4.69) is 23.1 Å². The van der Waals surface area contributed by atoms with Gasteiger partial charge in [0.1, 0.15) is 0 Å². The fourth-order valence-electron chi connectivity index (χ4n) is 3.89. The van der Waals surface area contributed by atoms with Crippen LogP contribution in [0.1, 0.15) is 5.56 Å². The monoisotopic (exact) mass is 393 g/mol. The van der Waals surface area contributed by atoms with Crippen molar-refractivity contribution in [3.05, 3.63) is 54.1 Å². The zero-order valence-corrected chi connectivity index (χ0v) is 16.6. The van der Waals surface area contributed by atoms with Crippen LogP contribution in [0.25, 0.3) is 16.8 Å². The Morgan fingerprint density at radius 2 is 1.55 bits per heavy atom. The van der Waals surface area contributed by atoms with Crippen molar-refractivity contribution in [2.45, 2.75) is 0 Å². The van der Waals surface area contributed by atoms with Gasteiger partial charge >= 0.3 is 0 Å². The molecule has 0 radical (unpaired) electrons. The van der Waals surface area contributed by atoms with E-state index in [4.69, 9.17) is 4.74 Å². The van der Waals surface area contributed by atoms with E-state index >= 15 is 0 Å². The highest BCUT2D eigenvalue weighted by atomic mass is 16.5. The van der Waals surface area contributed by atoms with Crippen molar-refractivity contribution in [3.63, 3.8) is 0 Å². The Kier molecular flexibility index (Phi) is 6.22. The van der Waals surface area contributed by atoms with Gasteiger partial charge in [0.05, 0.1) is 19.8 Å². The number of ether oxygens (including phenoxy) is 1. The minimum atomic E-state index is -0.00166. The van der Waals surface area contributed by atoms with Gasteiger partial charge in [-0.1, -0.05) is 42.5 Å². The van der Waals surface area contributed by atoms with Crippen LogP contribution in [0.2, 0.25) is 0 Å². The molecule has 0 saturated carbocycles. The maximum absolute atomic E-state index is 12.6. The second-order valence-corrected chi connectivity index (χ2v) is 7.50. The molecule has 0 bridgehead atoms. The van der Waals surface area contributed by atoms with Crippen molar-refractivity contribution < 1.29 is 14.3 Å². The lowest BCUT2D eigenvalue weighted by molar-refractivity contribution is -0.138. The Hall–Kier alpha value is -2.70. The number of rotatable bonds is 4. The second-order valence-electron chi connectivity index (χ2n) is 7.50. The third-order valence-corrected chi connectivity index (χ3v) is 5.64. The van der Waals surface area contributed by atoms with Gasteiger partial charge in [0.25, 0.3) is 0 Å². The van der Waals surface area contributed by atoms with Crippen LogP contribution in [0.3, 0.4) is 0 Å². The zero-order chi connectivity index (χ0) is 20.1. The molecule has 0 unspecified atom stereocenters. The van der Waals surface area contributed by atoms with Gasteiger partial charge in [0.15, 0.2) is 0 Å². The predicted molar refractivity (Wildman–Crippen MR) is 113 cm³/mol. The van der Waals surface area contributed by atoms with E-state index in [0.29, 0.717) is 45.9 Å². The summed E-state index contributed by atoms with van der Waals surface area (Å²) in [6.45, 7) is 5.79. The molecule has 6 nitrogen and oxygen atoms in total. The van der Waals surface area contributed by atoms with E-state index in [-0.39, 0.29) is 11.8 Å². The summed E-state index contributed by atoms with van der Waals surface area (Å²) in [7, 11) is 0. The highest BCUT2D eigenvalue weighted by Gasteiger charge is 2.24. The van der Waals surface area contributed by atoms with E-state index in [1.54, 1.807) is 6.08 Å². The lowest BCUT2D eigenvalue weighted by atomic mass is 10.0. The Morgan fingerprint density at radius 1 is 0.862 bits per heavy atom. The minimum absolute atomic E-state index is 0.00166. The Bertz CT molecular complexity index is 892. The summed E-state index contributed by atoms with van der Waals surface area (Å²) in [6, 6.07) is 14.3. The molecular weight excluding hydrogens is 366 g/mol. The Morgan fingerprint density at radius 3 is 2.34 bits per heavy atom. The number of nitrogens with zero attached hydrogens (tertiary/aromatic N) is 3. The molecule has 0 aliphatic carbocycles. The summed E-state index contributed by atoms with van der Waals surface area (Å²) >= 11 is 0. The number of fused-ring (bicyclic) bond motifs is 1. The number of benzene rings is 2. The number of piperazine rings is 1. The molecule has 2 aliphatic heterocycles. The molecule has 2 aromatic carbocycles. The number of amides is 2. The topological polar surface area (TPSA) is 53.1 Å². The van der Waals surface area contributed by atoms with E-state index in [1.807, 2.05) is 40.1 Å². The van der Waals surface area contributed by atoms with Crippen LogP contribution >= 0.6 is 0 Å². The van der Waals surface area contributed by atoms with Crippen molar-refractivity contribution in [1.29, 1.82) is 0 Å². The third kappa shape index (κ3) is 4.83. The molecule has 2 aliphatic rings. The van der Waals surface area contributed by atoms with Crippen molar-refractivity contribution >= 4 is 28.7 Å². The van der Waals surface area contributed by atoms with Crippen LogP contribution in [0, 0.1) is 0 Å². The van der Waals surface area contributed by atoms with Crippen LogP contribution in [0.15, 0.2) is 48.5 Å². The fraction of sp³-hybridized carbons (Fsp3) is 0.391. The average molecular weight is 393 g/mol.